The van der Waals surface area contributed by atoms with E-state index in [2.05, 4.69) is 20.4 Å². The number of hydrogen-bond acceptors (Lipinski definition) is 7. The van der Waals surface area contributed by atoms with Gasteiger partial charge in [-0.05, 0) is 39.0 Å². The van der Waals surface area contributed by atoms with Gasteiger partial charge in [-0.2, -0.15) is 5.10 Å². The van der Waals surface area contributed by atoms with Crippen LogP contribution in [0.3, 0.4) is 0 Å². The highest BCUT2D eigenvalue weighted by Gasteiger charge is 2.19. The van der Waals surface area contributed by atoms with Crippen molar-refractivity contribution in [1.29, 1.82) is 0 Å². The van der Waals surface area contributed by atoms with Crippen LogP contribution in [0.2, 0.25) is 0 Å². The van der Waals surface area contributed by atoms with Gasteiger partial charge in [0.15, 0.2) is 17.3 Å². The maximum absolute atomic E-state index is 12.8. The van der Waals surface area contributed by atoms with Gasteiger partial charge in [-0.25, -0.2) is 14.6 Å². The Labute approximate surface area is 168 Å². The molecule has 0 aliphatic heterocycles. The van der Waals surface area contributed by atoms with E-state index in [0.29, 0.717) is 54.3 Å². The lowest BCUT2D eigenvalue weighted by Gasteiger charge is -2.17. The van der Waals surface area contributed by atoms with Crippen molar-refractivity contribution in [1.82, 2.24) is 19.7 Å². The largest absolute Gasteiger partial charge is 0.490 e. The molecule has 0 fully saturated rings. The molecule has 0 atom stereocenters. The zero-order chi connectivity index (χ0) is 20.6. The number of amides is 1. The Morgan fingerprint density at radius 2 is 1.69 bits per heavy atom. The fourth-order valence-electron chi connectivity index (χ4n) is 2.65. The predicted molar refractivity (Wildman–Crippen MR) is 107 cm³/mol. The molecular weight excluding hydrogens is 374 g/mol. The van der Waals surface area contributed by atoms with Crippen molar-refractivity contribution in [2.75, 3.05) is 25.1 Å². The maximum Gasteiger partial charge on any atom is 0.257 e. The number of hydrogen-bond donors (Lipinski definition) is 1. The lowest BCUT2D eigenvalue weighted by molar-refractivity contribution is 0.102. The number of nitrogens with one attached hydrogen (secondary N) is 1. The molecule has 0 spiro atoms. The normalized spacial score (nSPS) is 10.4. The maximum atomic E-state index is 12.8. The molecule has 3 rings (SSSR count). The SMILES string of the molecule is CCOc1cc(C(=O)Nc2cc(-n3cccn3)ncn2)cc(OCC)c1OCC. The second-order valence-electron chi connectivity index (χ2n) is 5.77. The molecule has 1 aromatic carbocycles. The minimum Gasteiger partial charge on any atom is -0.490 e. The fourth-order valence-corrected chi connectivity index (χ4v) is 2.65. The second kappa shape index (κ2) is 9.54. The van der Waals surface area contributed by atoms with Crippen LogP contribution in [0.5, 0.6) is 17.2 Å². The molecule has 1 N–H and O–H groups in total. The summed E-state index contributed by atoms with van der Waals surface area (Å²) in [7, 11) is 0. The van der Waals surface area contributed by atoms with Gasteiger partial charge in [0.2, 0.25) is 5.75 Å². The van der Waals surface area contributed by atoms with Gasteiger partial charge in [0, 0.05) is 24.0 Å². The van der Waals surface area contributed by atoms with Gasteiger partial charge in [-0.3, -0.25) is 4.79 Å². The van der Waals surface area contributed by atoms with Crippen molar-refractivity contribution >= 4 is 11.7 Å². The zero-order valence-corrected chi connectivity index (χ0v) is 16.6. The molecule has 0 radical (unpaired) electrons. The topological polar surface area (TPSA) is 100 Å². The molecule has 0 bridgehead atoms. The minimum absolute atomic E-state index is 0.348. The summed E-state index contributed by atoms with van der Waals surface area (Å²) in [5.74, 6) is 1.91. The summed E-state index contributed by atoms with van der Waals surface area (Å²) >= 11 is 0. The van der Waals surface area contributed by atoms with Crippen molar-refractivity contribution < 1.29 is 19.0 Å². The first-order chi connectivity index (χ1) is 14.2. The third-order valence-corrected chi connectivity index (χ3v) is 3.80. The highest BCUT2D eigenvalue weighted by molar-refractivity contribution is 6.04. The monoisotopic (exact) mass is 397 g/mol. The van der Waals surface area contributed by atoms with Gasteiger partial charge in [0.1, 0.15) is 12.1 Å². The van der Waals surface area contributed by atoms with Crippen LogP contribution >= 0.6 is 0 Å². The molecule has 0 saturated carbocycles. The summed E-state index contributed by atoms with van der Waals surface area (Å²) in [4.78, 5) is 21.1. The molecule has 1 amide bonds. The van der Waals surface area contributed by atoms with Gasteiger partial charge in [-0.1, -0.05) is 0 Å². The van der Waals surface area contributed by atoms with Crippen LogP contribution < -0.4 is 19.5 Å². The molecule has 0 unspecified atom stereocenters. The van der Waals surface area contributed by atoms with E-state index in [0.717, 1.165) is 0 Å². The van der Waals surface area contributed by atoms with Crippen LogP contribution in [-0.4, -0.2) is 45.5 Å². The lowest BCUT2D eigenvalue weighted by atomic mass is 10.1. The summed E-state index contributed by atoms with van der Waals surface area (Å²) in [6.07, 6.45) is 4.76. The van der Waals surface area contributed by atoms with E-state index in [1.807, 2.05) is 20.8 Å². The Hall–Kier alpha value is -3.62. The molecule has 29 heavy (non-hydrogen) atoms. The number of ether oxygens (including phenoxy) is 3. The fraction of sp³-hybridized carbons (Fsp3) is 0.300. The molecule has 9 heteroatoms. The summed E-state index contributed by atoms with van der Waals surface area (Å²) in [5, 5.41) is 6.89. The first kappa shape index (κ1) is 20.1. The highest BCUT2D eigenvalue weighted by atomic mass is 16.5. The number of benzene rings is 1. The quantitative estimate of drug-likeness (QED) is 0.592. The molecule has 2 aromatic heterocycles. The molecular formula is C20H23N5O4. The van der Waals surface area contributed by atoms with Crippen LogP contribution in [0.15, 0.2) is 43.0 Å². The Morgan fingerprint density at radius 3 is 2.28 bits per heavy atom. The van der Waals surface area contributed by atoms with Gasteiger partial charge in [-0.15, -0.1) is 0 Å². The van der Waals surface area contributed by atoms with Crippen molar-refractivity contribution in [2.45, 2.75) is 20.8 Å². The third kappa shape index (κ3) is 4.81. The zero-order valence-electron chi connectivity index (χ0n) is 16.6. The van der Waals surface area contributed by atoms with E-state index < -0.39 is 0 Å². The summed E-state index contributed by atoms with van der Waals surface area (Å²) in [6.45, 7) is 6.90. The molecule has 9 nitrogen and oxygen atoms in total. The van der Waals surface area contributed by atoms with Gasteiger partial charge < -0.3 is 19.5 Å². The summed E-state index contributed by atoms with van der Waals surface area (Å²) in [5.41, 5.74) is 0.361. The standard InChI is InChI=1S/C20H23N5O4/c1-4-27-15-10-14(11-16(28-5-2)19(15)29-6-3)20(26)24-17-12-18(22-13-21-17)25-9-7-8-23-25/h7-13H,4-6H2,1-3H3,(H,21,22,24,26). The number of anilines is 1. The minimum atomic E-state index is -0.361. The second-order valence-corrected chi connectivity index (χ2v) is 5.77. The van der Waals surface area contributed by atoms with E-state index in [1.54, 1.807) is 41.3 Å². The molecule has 152 valence electrons. The van der Waals surface area contributed by atoms with Gasteiger partial charge in [0.05, 0.1) is 19.8 Å². The Morgan fingerprint density at radius 1 is 1.00 bits per heavy atom. The average Bonchev–Trinajstić information content (AvgIpc) is 3.26. The highest BCUT2D eigenvalue weighted by Crippen LogP contribution is 2.39. The van der Waals surface area contributed by atoms with E-state index in [-0.39, 0.29) is 5.91 Å². The number of rotatable bonds is 9. The Balaban J connectivity index is 1.89. The van der Waals surface area contributed by atoms with Crippen LogP contribution in [0.1, 0.15) is 31.1 Å². The van der Waals surface area contributed by atoms with Gasteiger partial charge in [0.25, 0.3) is 5.91 Å². The first-order valence-electron chi connectivity index (χ1n) is 9.36. The lowest BCUT2D eigenvalue weighted by Crippen LogP contribution is -2.15. The molecule has 2 heterocycles. The van der Waals surface area contributed by atoms with Crippen molar-refractivity contribution in [3.63, 3.8) is 0 Å². The van der Waals surface area contributed by atoms with Crippen LogP contribution in [0.4, 0.5) is 5.82 Å². The summed E-state index contributed by atoms with van der Waals surface area (Å²) < 4.78 is 18.6. The molecule has 0 aliphatic carbocycles. The molecule has 0 aliphatic rings. The predicted octanol–water partition coefficient (Wildman–Crippen LogP) is 3.11. The van der Waals surface area contributed by atoms with Crippen LogP contribution in [-0.2, 0) is 0 Å². The van der Waals surface area contributed by atoms with E-state index in [9.17, 15) is 4.79 Å². The number of carbonyl (C=O) groups is 1. The average molecular weight is 397 g/mol. The first-order valence-corrected chi connectivity index (χ1v) is 9.36. The van der Waals surface area contributed by atoms with Crippen molar-refractivity contribution in [3.8, 4) is 23.1 Å². The van der Waals surface area contributed by atoms with Gasteiger partial charge >= 0.3 is 0 Å². The summed E-state index contributed by atoms with van der Waals surface area (Å²) in [6, 6.07) is 6.67. The molecule has 0 saturated heterocycles. The number of carbonyl (C=O) groups excluding carboxylic acids is 1. The van der Waals surface area contributed by atoms with E-state index in [4.69, 9.17) is 14.2 Å². The van der Waals surface area contributed by atoms with E-state index >= 15 is 0 Å². The third-order valence-electron chi connectivity index (χ3n) is 3.80. The Bertz CT molecular complexity index is 932. The number of aromatic nitrogens is 4. The van der Waals surface area contributed by atoms with Crippen LogP contribution in [0, 0.1) is 0 Å². The van der Waals surface area contributed by atoms with E-state index in [1.165, 1.54) is 6.33 Å². The molecule has 3 aromatic rings. The van der Waals surface area contributed by atoms with Crippen molar-refractivity contribution in [2.24, 2.45) is 0 Å². The van der Waals surface area contributed by atoms with Crippen molar-refractivity contribution in [3.05, 3.63) is 48.5 Å². The Kier molecular flexibility index (Phi) is 6.62. The smallest absolute Gasteiger partial charge is 0.257 e. The van der Waals surface area contributed by atoms with Crippen LogP contribution in [0.25, 0.3) is 5.82 Å². The number of nitrogens with zero attached hydrogens (tertiary/aromatic N) is 4.